The molecule has 12 heavy (non-hydrogen) atoms. The summed E-state index contributed by atoms with van der Waals surface area (Å²) in [6.45, 7) is -0.599. The first-order valence-electron chi connectivity index (χ1n) is 2.79. The van der Waals surface area contributed by atoms with E-state index in [4.69, 9.17) is 0 Å². The average molecular weight is 204 g/mol. The van der Waals surface area contributed by atoms with E-state index >= 15 is 0 Å². The average Bonchev–Trinajstić information content (AvgIpc) is 1.76. The highest BCUT2D eigenvalue weighted by Crippen LogP contribution is 2.15. The van der Waals surface area contributed by atoms with Crippen molar-refractivity contribution in [2.24, 2.45) is 0 Å². The number of alkyl halides is 3. The Bertz CT molecular complexity index is 252. The zero-order valence-electron chi connectivity index (χ0n) is 6.13. The fraction of sp³-hybridized carbons (Fsp3) is 0.600. The molecule has 0 aliphatic rings. The molecule has 0 saturated carbocycles. The maximum absolute atomic E-state index is 11.4. The first-order chi connectivity index (χ1) is 5.21. The number of hydrogen-bond donors (Lipinski definition) is 0. The molecule has 0 atom stereocenters. The smallest absolute Gasteiger partial charge is 0.266 e. The van der Waals surface area contributed by atoms with Crippen molar-refractivity contribution >= 4 is 10.1 Å². The van der Waals surface area contributed by atoms with Gasteiger partial charge in [0.15, 0.2) is 0 Å². The van der Waals surface area contributed by atoms with Gasteiger partial charge in [0, 0.05) is 6.08 Å². The second-order valence-electron chi connectivity index (χ2n) is 1.93. The topological polar surface area (TPSA) is 43.4 Å². The minimum Gasteiger partial charge on any atom is -0.266 e. The molecule has 0 saturated heterocycles. The van der Waals surface area contributed by atoms with Crippen LogP contribution in [0.4, 0.5) is 13.2 Å². The molecule has 0 fully saturated rings. The lowest BCUT2D eigenvalue weighted by molar-refractivity contribution is -0.0801. The highest BCUT2D eigenvalue weighted by atomic mass is 32.2. The summed E-state index contributed by atoms with van der Waals surface area (Å²) in [6, 6.07) is 0. The molecule has 0 bridgehead atoms. The van der Waals surface area contributed by atoms with E-state index in [-0.39, 0.29) is 6.08 Å². The Hall–Kier alpha value is -0.560. The molecule has 0 aromatic carbocycles. The Morgan fingerprint density at radius 1 is 1.42 bits per heavy atom. The summed E-state index contributed by atoms with van der Waals surface area (Å²) < 4.78 is 58.6. The molecule has 0 aromatic rings. The molecule has 0 amide bonds. The number of allylic oxidation sites excluding steroid dienone is 1. The van der Waals surface area contributed by atoms with Crippen LogP contribution in [-0.4, -0.2) is 27.5 Å². The summed E-state index contributed by atoms with van der Waals surface area (Å²) in [5.41, 5.74) is 0. The predicted octanol–water partition coefficient (Wildman–Crippen LogP) is 1.08. The van der Waals surface area contributed by atoms with Crippen LogP contribution in [0, 0.1) is 0 Å². The van der Waals surface area contributed by atoms with Gasteiger partial charge in [0.25, 0.3) is 10.1 Å². The van der Waals surface area contributed by atoms with Crippen molar-refractivity contribution in [2.45, 2.75) is 6.18 Å². The summed E-state index contributed by atoms with van der Waals surface area (Å²) >= 11 is 0. The Balaban J connectivity index is 3.80. The number of halogens is 3. The molecule has 0 spiro atoms. The van der Waals surface area contributed by atoms with Crippen molar-refractivity contribution in [1.82, 2.24) is 0 Å². The SMILES string of the molecule is CS(=O)(=O)OCC=CC(F)(F)F. The normalized spacial score (nSPS) is 14.0. The van der Waals surface area contributed by atoms with Crippen LogP contribution >= 0.6 is 0 Å². The monoisotopic (exact) mass is 204 g/mol. The maximum Gasteiger partial charge on any atom is 0.409 e. The molecule has 0 radical (unpaired) electrons. The van der Waals surface area contributed by atoms with Gasteiger partial charge in [-0.15, -0.1) is 0 Å². The molecule has 72 valence electrons. The van der Waals surface area contributed by atoms with Crippen LogP contribution < -0.4 is 0 Å². The predicted molar refractivity (Wildman–Crippen MR) is 36.0 cm³/mol. The Labute approximate surface area is 68.0 Å². The third-order valence-electron chi connectivity index (χ3n) is 0.685. The Kier molecular flexibility index (Phi) is 3.72. The fourth-order valence-electron chi connectivity index (χ4n) is 0.345. The summed E-state index contributed by atoms with van der Waals surface area (Å²) in [5.74, 6) is 0. The quantitative estimate of drug-likeness (QED) is 0.510. The van der Waals surface area contributed by atoms with Crippen molar-refractivity contribution in [3.63, 3.8) is 0 Å². The standard InChI is InChI=1S/C5H7F3O3S/c1-12(9,10)11-4-2-3-5(6,7)8/h2-3H,4H2,1H3. The van der Waals surface area contributed by atoms with E-state index in [2.05, 4.69) is 4.18 Å². The van der Waals surface area contributed by atoms with Crippen LogP contribution in [0.1, 0.15) is 0 Å². The lowest BCUT2D eigenvalue weighted by Crippen LogP contribution is -2.05. The van der Waals surface area contributed by atoms with Gasteiger partial charge in [0.05, 0.1) is 12.9 Å². The molecule has 0 aliphatic heterocycles. The van der Waals surface area contributed by atoms with Crippen LogP contribution in [-0.2, 0) is 14.3 Å². The van der Waals surface area contributed by atoms with Crippen LogP contribution in [0.2, 0.25) is 0 Å². The second-order valence-corrected chi connectivity index (χ2v) is 3.58. The van der Waals surface area contributed by atoms with Gasteiger partial charge in [0.1, 0.15) is 0 Å². The molecule has 0 aromatic heterocycles. The highest BCUT2D eigenvalue weighted by molar-refractivity contribution is 7.85. The van der Waals surface area contributed by atoms with Crippen molar-refractivity contribution in [3.8, 4) is 0 Å². The third kappa shape index (κ3) is 9.44. The lowest BCUT2D eigenvalue weighted by atomic mass is 10.5. The summed E-state index contributed by atoms with van der Waals surface area (Å²) in [7, 11) is -3.66. The van der Waals surface area contributed by atoms with Crippen LogP contribution in [0.3, 0.4) is 0 Å². The van der Waals surface area contributed by atoms with Gasteiger partial charge in [-0.1, -0.05) is 6.08 Å². The molecule has 0 heterocycles. The van der Waals surface area contributed by atoms with Crippen molar-refractivity contribution in [3.05, 3.63) is 12.2 Å². The van der Waals surface area contributed by atoms with E-state index in [9.17, 15) is 21.6 Å². The first kappa shape index (κ1) is 11.4. The molecule has 3 nitrogen and oxygen atoms in total. The summed E-state index contributed by atoms with van der Waals surface area (Å²) in [4.78, 5) is 0. The first-order valence-corrected chi connectivity index (χ1v) is 4.61. The van der Waals surface area contributed by atoms with Gasteiger partial charge >= 0.3 is 6.18 Å². The summed E-state index contributed by atoms with van der Waals surface area (Å²) in [5, 5.41) is 0. The van der Waals surface area contributed by atoms with Gasteiger partial charge in [-0.25, -0.2) is 0 Å². The zero-order valence-corrected chi connectivity index (χ0v) is 6.95. The minimum atomic E-state index is -4.43. The number of hydrogen-bond acceptors (Lipinski definition) is 3. The van der Waals surface area contributed by atoms with Crippen molar-refractivity contribution < 1.29 is 25.8 Å². The molecule has 7 heteroatoms. The largest absolute Gasteiger partial charge is 0.409 e. The van der Waals surface area contributed by atoms with Gasteiger partial charge in [0.2, 0.25) is 0 Å². The van der Waals surface area contributed by atoms with E-state index in [1.165, 1.54) is 0 Å². The molecular formula is C5H7F3O3S. The Morgan fingerprint density at radius 3 is 2.25 bits per heavy atom. The molecule has 0 aliphatic carbocycles. The van der Waals surface area contributed by atoms with Gasteiger partial charge in [-0.2, -0.15) is 21.6 Å². The number of rotatable bonds is 3. The van der Waals surface area contributed by atoms with Crippen molar-refractivity contribution in [1.29, 1.82) is 0 Å². The second kappa shape index (κ2) is 3.90. The van der Waals surface area contributed by atoms with Gasteiger partial charge in [-0.3, -0.25) is 4.18 Å². The molecule has 0 rings (SSSR count). The summed E-state index contributed by atoms with van der Waals surface area (Å²) in [6.07, 6.45) is -3.17. The molecule has 0 N–H and O–H groups in total. The van der Waals surface area contributed by atoms with Gasteiger partial charge in [-0.05, 0) is 0 Å². The van der Waals surface area contributed by atoms with Crippen molar-refractivity contribution in [2.75, 3.05) is 12.9 Å². The van der Waals surface area contributed by atoms with Crippen LogP contribution in [0.25, 0.3) is 0 Å². The van der Waals surface area contributed by atoms with E-state index in [1.807, 2.05) is 0 Å². The fourth-order valence-corrected chi connectivity index (χ4v) is 0.670. The van der Waals surface area contributed by atoms with E-state index < -0.39 is 22.9 Å². The molecular weight excluding hydrogens is 197 g/mol. The van der Waals surface area contributed by atoms with Crippen LogP contribution in [0.5, 0.6) is 0 Å². The third-order valence-corrected chi connectivity index (χ3v) is 1.25. The van der Waals surface area contributed by atoms with E-state index in [1.54, 1.807) is 0 Å². The minimum absolute atomic E-state index is 0.0851. The lowest BCUT2D eigenvalue weighted by Gasteiger charge is -1.97. The maximum atomic E-state index is 11.4. The van der Waals surface area contributed by atoms with Gasteiger partial charge < -0.3 is 0 Å². The highest BCUT2D eigenvalue weighted by Gasteiger charge is 2.21. The van der Waals surface area contributed by atoms with Crippen LogP contribution in [0.15, 0.2) is 12.2 Å². The van der Waals surface area contributed by atoms with E-state index in [0.717, 1.165) is 6.26 Å². The van der Waals surface area contributed by atoms with E-state index in [0.29, 0.717) is 6.08 Å². The Morgan fingerprint density at radius 2 is 1.92 bits per heavy atom. The zero-order chi connectivity index (χ0) is 9.83. The molecule has 0 unspecified atom stereocenters.